The smallest absolute Gasteiger partial charge is 0.0611 e. The minimum absolute atomic E-state index is 1.18. The first-order chi connectivity index (χ1) is 13.8. The summed E-state index contributed by atoms with van der Waals surface area (Å²) < 4.78 is 2.35. The summed E-state index contributed by atoms with van der Waals surface area (Å²) in [5, 5.41) is 7.74. The predicted octanol–water partition coefficient (Wildman–Crippen LogP) is 6.60. The molecule has 4 aromatic carbocycles. The van der Waals surface area contributed by atoms with Crippen molar-refractivity contribution in [1.82, 2.24) is 14.5 Å². The Bertz CT molecular complexity index is 1690. The molecule has 0 amide bonds. The molecule has 0 saturated heterocycles. The zero-order valence-corrected chi connectivity index (χ0v) is 15.4. The predicted molar refractivity (Wildman–Crippen MR) is 119 cm³/mol. The average molecular weight is 359 g/mol. The summed E-state index contributed by atoms with van der Waals surface area (Å²) in [6, 6.07) is 25.9. The van der Waals surface area contributed by atoms with Crippen LogP contribution in [0, 0.1) is 0 Å². The average Bonchev–Trinajstić information content (AvgIpc) is 3.38. The van der Waals surface area contributed by atoms with Gasteiger partial charge >= 0.3 is 0 Å². The molecule has 0 aliphatic carbocycles. The molecule has 3 heterocycles. The van der Waals surface area contributed by atoms with Gasteiger partial charge in [-0.1, -0.05) is 54.6 Å². The molecule has 7 aromatic rings. The first kappa shape index (κ1) is 14.4. The van der Waals surface area contributed by atoms with Gasteiger partial charge in [0.05, 0.1) is 16.6 Å². The Balaban J connectivity index is 1.98. The molecule has 0 fully saturated rings. The van der Waals surface area contributed by atoms with Crippen LogP contribution in [0.25, 0.3) is 65.4 Å². The Morgan fingerprint density at radius 3 is 1.75 bits per heavy atom. The van der Waals surface area contributed by atoms with E-state index in [1.807, 2.05) is 0 Å². The molecule has 0 aliphatic rings. The van der Waals surface area contributed by atoms with Gasteiger partial charge in [-0.25, -0.2) is 0 Å². The first-order valence-corrected chi connectivity index (χ1v) is 9.63. The second-order valence-electron chi connectivity index (χ2n) is 7.64. The summed E-state index contributed by atoms with van der Waals surface area (Å²) in [5.74, 6) is 0. The van der Waals surface area contributed by atoms with Crippen LogP contribution in [0.2, 0.25) is 0 Å². The lowest BCUT2D eigenvalue weighted by atomic mass is 10.0. The molecule has 0 bridgehead atoms. The molecule has 3 aromatic heterocycles. The molecule has 3 heteroatoms. The fourth-order valence-corrected chi connectivity index (χ4v) is 5.10. The van der Waals surface area contributed by atoms with Crippen LogP contribution in [0.15, 0.2) is 72.8 Å². The van der Waals surface area contributed by atoms with E-state index in [2.05, 4.69) is 94.4 Å². The van der Waals surface area contributed by atoms with Crippen molar-refractivity contribution in [3.63, 3.8) is 0 Å². The summed E-state index contributed by atoms with van der Waals surface area (Å²) in [7, 11) is 2.18. The number of nitrogens with zero attached hydrogens (tertiary/aromatic N) is 1. The van der Waals surface area contributed by atoms with Crippen molar-refractivity contribution in [2.24, 2.45) is 7.05 Å². The van der Waals surface area contributed by atoms with Gasteiger partial charge in [0.1, 0.15) is 0 Å². The number of para-hydroxylation sites is 3. The van der Waals surface area contributed by atoms with E-state index in [1.165, 1.54) is 65.4 Å². The van der Waals surface area contributed by atoms with Crippen LogP contribution in [-0.4, -0.2) is 14.5 Å². The Kier molecular flexibility index (Phi) is 2.44. The van der Waals surface area contributed by atoms with E-state index < -0.39 is 0 Å². The van der Waals surface area contributed by atoms with Gasteiger partial charge in [-0.05, 0) is 18.2 Å². The molecule has 0 aliphatic heterocycles. The third-order valence-corrected chi connectivity index (χ3v) is 6.26. The van der Waals surface area contributed by atoms with Gasteiger partial charge < -0.3 is 14.5 Å². The Morgan fingerprint density at radius 1 is 0.571 bits per heavy atom. The van der Waals surface area contributed by atoms with Gasteiger partial charge in [0, 0.05) is 55.9 Å². The Morgan fingerprint density at radius 2 is 1.07 bits per heavy atom. The second kappa shape index (κ2) is 4.76. The van der Waals surface area contributed by atoms with E-state index in [4.69, 9.17) is 0 Å². The minimum atomic E-state index is 1.18. The van der Waals surface area contributed by atoms with Crippen molar-refractivity contribution >= 4 is 65.4 Å². The number of rotatable bonds is 0. The molecule has 7 rings (SSSR count). The fourth-order valence-electron chi connectivity index (χ4n) is 5.10. The van der Waals surface area contributed by atoms with Crippen molar-refractivity contribution in [3.05, 3.63) is 72.8 Å². The van der Waals surface area contributed by atoms with E-state index in [1.54, 1.807) is 0 Å². The van der Waals surface area contributed by atoms with E-state index >= 15 is 0 Å². The van der Waals surface area contributed by atoms with E-state index in [-0.39, 0.29) is 0 Å². The topological polar surface area (TPSA) is 36.5 Å². The first-order valence-electron chi connectivity index (χ1n) is 9.63. The largest absolute Gasteiger partial charge is 0.354 e. The van der Waals surface area contributed by atoms with Crippen LogP contribution >= 0.6 is 0 Å². The van der Waals surface area contributed by atoms with Crippen LogP contribution in [0.4, 0.5) is 0 Å². The molecule has 3 nitrogen and oxygen atoms in total. The lowest BCUT2D eigenvalue weighted by Gasteiger charge is -2.03. The number of hydrogen-bond acceptors (Lipinski definition) is 0. The number of H-pyrrole nitrogens is 2. The molecule has 0 radical (unpaired) electrons. The maximum Gasteiger partial charge on any atom is 0.0611 e. The van der Waals surface area contributed by atoms with E-state index in [0.717, 1.165) is 0 Å². The van der Waals surface area contributed by atoms with Crippen LogP contribution in [-0.2, 0) is 7.05 Å². The molecule has 132 valence electrons. The Hall–Kier alpha value is -3.72. The monoisotopic (exact) mass is 359 g/mol. The number of nitrogens with one attached hydrogen (secondary N) is 2. The molecule has 2 N–H and O–H groups in total. The highest BCUT2D eigenvalue weighted by Crippen LogP contribution is 2.44. The second-order valence-corrected chi connectivity index (χ2v) is 7.64. The summed E-state index contributed by atoms with van der Waals surface area (Å²) >= 11 is 0. The highest BCUT2D eigenvalue weighted by molar-refractivity contribution is 6.38. The van der Waals surface area contributed by atoms with Gasteiger partial charge in [-0.2, -0.15) is 0 Å². The van der Waals surface area contributed by atoms with Crippen molar-refractivity contribution in [2.75, 3.05) is 0 Å². The number of fused-ring (bicyclic) bond motifs is 12. The molecule has 0 saturated carbocycles. The van der Waals surface area contributed by atoms with Crippen molar-refractivity contribution in [3.8, 4) is 0 Å². The highest BCUT2D eigenvalue weighted by Gasteiger charge is 2.21. The standard InChI is InChI=1S/C25H17N3/c1-28-19-13-7-4-10-16(19)22-24-20(14-8-2-5-11-17(14)26-24)23-21(25(22)28)15-9-3-6-12-18(15)27-23/h2-13,26-27H,1H3. The molecule has 0 atom stereocenters. The van der Waals surface area contributed by atoms with E-state index in [0.29, 0.717) is 0 Å². The number of aryl methyl sites for hydroxylation is 1. The van der Waals surface area contributed by atoms with Crippen molar-refractivity contribution in [2.45, 2.75) is 0 Å². The maximum absolute atomic E-state index is 3.73. The SMILES string of the molecule is Cn1c2ccccc2c2c3[nH]c4ccccc4c3c3[nH]c4ccccc4c3c21. The third kappa shape index (κ3) is 1.53. The normalized spacial score (nSPS) is 12.5. The summed E-state index contributed by atoms with van der Waals surface area (Å²) in [6.45, 7) is 0. The van der Waals surface area contributed by atoms with E-state index in [9.17, 15) is 0 Å². The van der Waals surface area contributed by atoms with Gasteiger partial charge in [-0.3, -0.25) is 0 Å². The molecular formula is C25H17N3. The minimum Gasteiger partial charge on any atom is -0.354 e. The number of aromatic nitrogens is 3. The zero-order chi connectivity index (χ0) is 18.4. The van der Waals surface area contributed by atoms with Crippen LogP contribution < -0.4 is 0 Å². The molecule has 0 spiro atoms. The van der Waals surface area contributed by atoms with Crippen molar-refractivity contribution < 1.29 is 0 Å². The third-order valence-electron chi connectivity index (χ3n) is 6.26. The lowest BCUT2D eigenvalue weighted by Crippen LogP contribution is -1.87. The summed E-state index contributed by atoms with van der Waals surface area (Å²) in [5.41, 5.74) is 7.33. The Labute approximate surface area is 160 Å². The van der Waals surface area contributed by atoms with Crippen molar-refractivity contribution in [1.29, 1.82) is 0 Å². The molecular weight excluding hydrogens is 342 g/mol. The lowest BCUT2D eigenvalue weighted by molar-refractivity contribution is 1.02. The summed E-state index contributed by atoms with van der Waals surface area (Å²) in [4.78, 5) is 7.46. The molecule has 0 unspecified atom stereocenters. The maximum atomic E-state index is 3.73. The van der Waals surface area contributed by atoms with Crippen LogP contribution in [0.5, 0.6) is 0 Å². The fraction of sp³-hybridized carbons (Fsp3) is 0.0400. The number of aromatic amines is 2. The van der Waals surface area contributed by atoms with Gasteiger partial charge in [-0.15, -0.1) is 0 Å². The molecule has 28 heavy (non-hydrogen) atoms. The van der Waals surface area contributed by atoms with Gasteiger partial charge in [0.25, 0.3) is 0 Å². The highest BCUT2D eigenvalue weighted by atomic mass is 14.9. The van der Waals surface area contributed by atoms with Gasteiger partial charge in [0.2, 0.25) is 0 Å². The quantitative estimate of drug-likeness (QED) is 0.306. The summed E-state index contributed by atoms with van der Waals surface area (Å²) in [6.07, 6.45) is 0. The zero-order valence-electron chi connectivity index (χ0n) is 15.4. The van der Waals surface area contributed by atoms with Crippen LogP contribution in [0.3, 0.4) is 0 Å². The number of hydrogen-bond donors (Lipinski definition) is 2. The van der Waals surface area contributed by atoms with Gasteiger partial charge in [0.15, 0.2) is 0 Å². The van der Waals surface area contributed by atoms with Crippen LogP contribution in [0.1, 0.15) is 0 Å². The number of benzene rings is 4.